The van der Waals surface area contributed by atoms with Gasteiger partial charge in [0.05, 0.1) is 10.9 Å². The molecule has 0 aliphatic carbocycles. The third kappa shape index (κ3) is 4.15. The van der Waals surface area contributed by atoms with Gasteiger partial charge in [0.15, 0.2) is 0 Å². The molecule has 0 amide bonds. The van der Waals surface area contributed by atoms with E-state index in [0.717, 1.165) is 15.6 Å². The Balaban J connectivity index is 1.78. The lowest BCUT2D eigenvalue weighted by molar-refractivity contribution is 0.354. The molecule has 130 valence electrons. The van der Waals surface area contributed by atoms with Crippen LogP contribution < -0.4 is 4.72 Å². The molecule has 0 radical (unpaired) electrons. The van der Waals surface area contributed by atoms with Crippen LogP contribution in [-0.4, -0.2) is 18.6 Å². The van der Waals surface area contributed by atoms with Gasteiger partial charge >= 0.3 is 0 Å². The fourth-order valence-corrected chi connectivity index (χ4v) is 3.66. The minimum Gasteiger partial charge on any atom is -0.337 e. The molecule has 0 aliphatic rings. The Morgan fingerprint density at radius 3 is 2.36 bits per heavy atom. The number of aromatic nitrogens is 2. The zero-order chi connectivity index (χ0) is 18.0. The van der Waals surface area contributed by atoms with E-state index in [1.165, 1.54) is 12.1 Å². The lowest BCUT2D eigenvalue weighted by Gasteiger charge is -2.10. The van der Waals surface area contributed by atoms with E-state index >= 15 is 0 Å². The molecule has 1 heterocycles. The van der Waals surface area contributed by atoms with E-state index in [0.29, 0.717) is 5.82 Å². The Bertz CT molecular complexity index is 967. The highest BCUT2D eigenvalue weighted by Crippen LogP contribution is 2.21. The van der Waals surface area contributed by atoms with Crippen LogP contribution in [-0.2, 0) is 10.0 Å². The van der Waals surface area contributed by atoms with Crippen molar-refractivity contribution in [3.05, 3.63) is 64.5 Å². The predicted octanol–water partition coefficient (Wildman–Crippen LogP) is 3.85. The number of hydrogen-bond acceptors (Lipinski definition) is 5. The lowest BCUT2D eigenvalue weighted by Crippen LogP contribution is -2.27. The molecule has 25 heavy (non-hydrogen) atoms. The molecule has 0 unspecified atom stereocenters. The van der Waals surface area contributed by atoms with Crippen LogP contribution in [0.1, 0.15) is 24.4 Å². The Morgan fingerprint density at radius 1 is 1.08 bits per heavy atom. The number of hydrogen-bond donors (Lipinski definition) is 1. The van der Waals surface area contributed by atoms with Crippen molar-refractivity contribution in [2.45, 2.75) is 24.8 Å². The van der Waals surface area contributed by atoms with Gasteiger partial charge in [0.25, 0.3) is 0 Å². The summed E-state index contributed by atoms with van der Waals surface area (Å²) >= 11 is 3.28. The fourth-order valence-electron chi connectivity index (χ4n) is 2.20. The Hall–Kier alpha value is -2.03. The third-order valence-electron chi connectivity index (χ3n) is 3.58. The van der Waals surface area contributed by atoms with Gasteiger partial charge in [0.2, 0.25) is 21.7 Å². The van der Waals surface area contributed by atoms with Gasteiger partial charge in [-0.05, 0) is 38.1 Å². The van der Waals surface area contributed by atoms with Crippen molar-refractivity contribution < 1.29 is 12.9 Å². The first-order valence-corrected chi connectivity index (χ1v) is 9.81. The van der Waals surface area contributed by atoms with Crippen LogP contribution in [0.15, 0.2) is 62.4 Å². The summed E-state index contributed by atoms with van der Waals surface area (Å²) in [5, 5.41) is 3.92. The summed E-state index contributed by atoms with van der Waals surface area (Å²) < 4.78 is 33.4. The quantitative estimate of drug-likeness (QED) is 0.675. The van der Waals surface area contributed by atoms with Crippen LogP contribution in [0, 0.1) is 6.92 Å². The molecule has 0 spiro atoms. The molecule has 1 aromatic heterocycles. The van der Waals surface area contributed by atoms with Crippen molar-refractivity contribution in [3.8, 4) is 11.4 Å². The monoisotopic (exact) mass is 421 g/mol. The summed E-state index contributed by atoms with van der Waals surface area (Å²) in [7, 11) is -3.68. The second-order valence-electron chi connectivity index (χ2n) is 5.62. The van der Waals surface area contributed by atoms with E-state index in [4.69, 9.17) is 4.52 Å². The van der Waals surface area contributed by atoms with Gasteiger partial charge in [0, 0.05) is 10.0 Å². The SMILES string of the molecule is Cc1ccc(-c2noc([C@@H](C)NS(=O)(=O)c3ccc(Br)cc3)n2)cc1. The van der Waals surface area contributed by atoms with Gasteiger partial charge in [-0.1, -0.05) is 50.9 Å². The highest BCUT2D eigenvalue weighted by molar-refractivity contribution is 9.10. The third-order valence-corrected chi connectivity index (χ3v) is 5.66. The van der Waals surface area contributed by atoms with Crippen molar-refractivity contribution in [1.29, 1.82) is 0 Å². The molecular formula is C17H16BrN3O3S. The van der Waals surface area contributed by atoms with E-state index in [9.17, 15) is 8.42 Å². The van der Waals surface area contributed by atoms with Crippen molar-refractivity contribution in [1.82, 2.24) is 14.9 Å². The number of halogens is 1. The van der Waals surface area contributed by atoms with Crippen molar-refractivity contribution in [2.75, 3.05) is 0 Å². The number of rotatable bonds is 5. The van der Waals surface area contributed by atoms with Crippen LogP contribution in [0.25, 0.3) is 11.4 Å². The number of nitrogens with zero attached hydrogens (tertiary/aromatic N) is 2. The highest BCUT2D eigenvalue weighted by Gasteiger charge is 2.22. The first kappa shape index (κ1) is 17.8. The van der Waals surface area contributed by atoms with Gasteiger partial charge in [-0.3, -0.25) is 0 Å². The molecule has 1 atom stereocenters. The average Bonchev–Trinajstić information content (AvgIpc) is 3.06. The molecule has 1 N–H and O–H groups in total. The van der Waals surface area contributed by atoms with Crippen LogP contribution >= 0.6 is 15.9 Å². The second kappa shape index (κ2) is 7.07. The maximum atomic E-state index is 12.4. The van der Waals surface area contributed by atoms with Crippen molar-refractivity contribution >= 4 is 26.0 Å². The first-order chi connectivity index (χ1) is 11.8. The maximum absolute atomic E-state index is 12.4. The molecule has 8 heteroatoms. The smallest absolute Gasteiger partial charge is 0.244 e. The van der Waals surface area contributed by atoms with E-state index in [-0.39, 0.29) is 10.8 Å². The summed E-state index contributed by atoms with van der Waals surface area (Å²) in [4.78, 5) is 4.46. The summed E-state index contributed by atoms with van der Waals surface area (Å²) in [5.74, 6) is 0.626. The number of sulfonamides is 1. The minimum atomic E-state index is -3.68. The highest BCUT2D eigenvalue weighted by atomic mass is 79.9. The largest absolute Gasteiger partial charge is 0.337 e. The van der Waals surface area contributed by atoms with E-state index in [1.54, 1.807) is 19.1 Å². The second-order valence-corrected chi connectivity index (χ2v) is 8.25. The molecule has 3 aromatic rings. The zero-order valence-electron chi connectivity index (χ0n) is 13.6. The van der Waals surface area contributed by atoms with E-state index in [1.807, 2.05) is 31.2 Å². The Kier molecular flexibility index (Phi) is 5.03. The van der Waals surface area contributed by atoms with Gasteiger partial charge in [-0.2, -0.15) is 9.71 Å². The molecule has 2 aromatic carbocycles. The van der Waals surface area contributed by atoms with Crippen molar-refractivity contribution in [2.24, 2.45) is 0 Å². The average molecular weight is 422 g/mol. The standard InChI is InChI=1S/C17H16BrN3O3S/c1-11-3-5-13(6-4-11)16-19-17(24-20-16)12(2)21-25(22,23)15-9-7-14(18)8-10-15/h3-10,12,21H,1-2H3/t12-/m1/s1. The normalized spacial score (nSPS) is 12.9. The van der Waals surface area contributed by atoms with Crippen molar-refractivity contribution in [3.63, 3.8) is 0 Å². The topological polar surface area (TPSA) is 85.1 Å². The van der Waals surface area contributed by atoms with Crippen LogP contribution in [0.4, 0.5) is 0 Å². The fraction of sp³-hybridized carbons (Fsp3) is 0.176. The zero-order valence-corrected chi connectivity index (χ0v) is 16.0. The summed E-state index contributed by atoms with van der Waals surface area (Å²) in [6, 6.07) is 13.4. The lowest BCUT2D eigenvalue weighted by atomic mass is 10.1. The molecule has 3 rings (SSSR count). The van der Waals surface area contributed by atoms with Gasteiger partial charge in [-0.25, -0.2) is 8.42 Å². The van der Waals surface area contributed by atoms with Crippen LogP contribution in [0.5, 0.6) is 0 Å². The molecular weight excluding hydrogens is 406 g/mol. The summed E-state index contributed by atoms with van der Waals surface area (Å²) in [5.41, 5.74) is 1.94. The minimum absolute atomic E-state index is 0.167. The number of aryl methyl sites for hydroxylation is 1. The first-order valence-electron chi connectivity index (χ1n) is 7.54. The maximum Gasteiger partial charge on any atom is 0.244 e. The Labute approximate surface area is 154 Å². The van der Waals surface area contributed by atoms with Gasteiger partial charge in [-0.15, -0.1) is 0 Å². The molecule has 0 aliphatic heterocycles. The van der Waals surface area contributed by atoms with Crippen LogP contribution in [0.3, 0.4) is 0 Å². The molecule has 0 saturated heterocycles. The molecule has 0 bridgehead atoms. The number of benzene rings is 2. The molecule has 0 fully saturated rings. The Morgan fingerprint density at radius 2 is 1.72 bits per heavy atom. The van der Waals surface area contributed by atoms with Crippen LogP contribution in [0.2, 0.25) is 0 Å². The molecule has 6 nitrogen and oxygen atoms in total. The van der Waals surface area contributed by atoms with E-state index < -0.39 is 16.1 Å². The molecule has 0 saturated carbocycles. The van der Waals surface area contributed by atoms with Gasteiger partial charge < -0.3 is 4.52 Å². The summed E-state index contributed by atoms with van der Waals surface area (Å²) in [6.45, 7) is 3.65. The van der Waals surface area contributed by atoms with E-state index in [2.05, 4.69) is 30.8 Å². The van der Waals surface area contributed by atoms with Gasteiger partial charge in [0.1, 0.15) is 0 Å². The summed E-state index contributed by atoms with van der Waals surface area (Å²) in [6.07, 6.45) is 0. The number of nitrogens with one attached hydrogen (secondary N) is 1. The predicted molar refractivity (Wildman–Crippen MR) is 97.3 cm³/mol.